The maximum absolute atomic E-state index is 12.1. The lowest BCUT2D eigenvalue weighted by Crippen LogP contribution is -2.40. The SMILES string of the molecule is CCSC(C(=O)N(C)CCNC)C(C)C.Cl. The summed E-state index contributed by atoms with van der Waals surface area (Å²) in [5, 5.41) is 3.16. The zero-order chi connectivity index (χ0) is 11.8. The van der Waals surface area contributed by atoms with Crippen molar-refractivity contribution in [1.29, 1.82) is 0 Å². The quantitative estimate of drug-likeness (QED) is 0.765. The number of amides is 1. The van der Waals surface area contributed by atoms with Gasteiger partial charge in [0.25, 0.3) is 0 Å². The van der Waals surface area contributed by atoms with Crippen LogP contribution in [0.1, 0.15) is 20.8 Å². The molecule has 0 radical (unpaired) electrons. The van der Waals surface area contributed by atoms with Crippen molar-refractivity contribution in [1.82, 2.24) is 10.2 Å². The van der Waals surface area contributed by atoms with Gasteiger partial charge in [-0.05, 0) is 18.7 Å². The van der Waals surface area contributed by atoms with Crippen LogP contribution in [0.15, 0.2) is 0 Å². The zero-order valence-electron chi connectivity index (χ0n) is 10.9. The maximum atomic E-state index is 12.1. The highest BCUT2D eigenvalue weighted by Gasteiger charge is 2.24. The Balaban J connectivity index is 0. The number of halogens is 1. The number of carbonyl (C=O) groups excluding carboxylic acids is 1. The number of nitrogens with zero attached hydrogens (tertiary/aromatic N) is 1. The van der Waals surface area contributed by atoms with E-state index in [1.165, 1.54) is 0 Å². The summed E-state index contributed by atoms with van der Waals surface area (Å²) in [6.07, 6.45) is 0. The van der Waals surface area contributed by atoms with Crippen LogP contribution in [0.5, 0.6) is 0 Å². The molecule has 5 heteroatoms. The normalized spacial score (nSPS) is 12.1. The number of nitrogens with one attached hydrogen (secondary N) is 1. The van der Waals surface area contributed by atoms with E-state index in [1.54, 1.807) is 11.8 Å². The monoisotopic (exact) mass is 268 g/mol. The smallest absolute Gasteiger partial charge is 0.235 e. The molecule has 0 spiro atoms. The van der Waals surface area contributed by atoms with E-state index >= 15 is 0 Å². The van der Waals surface area contributed by atoms with Gasteiger partial charge >= 0.3 is 0 Å². The highest BCUT2D eigenvalue weighted by atomic mass is 35.5. The Bertz CT molecular complexity index is 191. The first-order chi connectivity index (χ1) is 7.04. The van der Waals surface area contributed by atoms with Crippen molar-refractivity contribution >= 4 is 30.1 Å². The third kappa shape index (κ3) is 6.61. The number of rotatable bonds is 7. The van der Waals surface area contributed by atoms with Crippen molar-refractivity contribution < 1.29 is 4.79 Å². The standard InChI is InChI=1S/C11H24N2OS.ClH/c1-6-15-10(9(2)3)11(14)13(5)8-7-12-4;/h9-10,12H,6-8H2,1-5H3;1H. The second kappa shape index (κ2) is 10.2. The molecule has 1 amide bonds. The number of hydrogen-bond donors (Lipinski definition) is 1. The van der Waals surface area contributed by atoms with E-state index in [1.807, 2.05) is 19.0 Å². The highest BCUT2D eigenvalue weighted by Crippen LogP contribution is 2.20. The first kappa shape index (κ1) is 18.4. The number of carbonyl (C=O) groups is 1. The Morgan fingerprint density at radius 2 is 2.00 bits per heavy atom. The summed E-state index contributed by atoms with van der Waals surface area (Å²) in [5.41, 5.74) is 0. The lowest BCUT2D eigenvalue weighted by atomic mass is 10.1. The van der Waals surface area contributed by atoms with Crippen LogP contribution in [0.4, 0.5) is 0 Å². The van der Waals surface area contributed by atoms with Gasteiger partial charge in [0.15, 0.2) is 0 Å². The molecule has 1 unspecified atom stereocenters. The van der Waals surface area contributed by atoms with Gasteiger partial charge in [0.05, 0.1) is 5.25 Å². The van der Waals surface area contributed by atoms with Crippen LogP contribution in [0.3, 0.4) is 0 Å². The molecule has 0 rings (SSSR count). The first-order valence-corrected chi connectivity index (χ1v) is 6.60. The molecule has 3 nitrogen and oxygen atoms in total. The molecule has 0 fully saturated rings. The topological polar surface area (TPSA) is 32.3 Å². The fourth-order valence-electron chi connectivity index (χ4n) is 1.34. The fourth-order valence-corrected chi connectivity index (χ4v) is 2.40. The summed E-state index contributed by atoms with van der Waals surface area (Å²) in [5.74, 6) is 1.65. The van der Waals surface area contributed by atoms with Crippen molar-refractivity contribution in [3.63, 3.8) is 0 Å². The van der Waals surface area contributed by atoms with Crippen LogP contribution in [-0.2, 0) is 4.79 Å². The third-order valence-electron chi connectivity index (χ3n) is 2.27. The highest BCUT2D eigenvalue weighted by molar-refractivity contribution is 8.00. The van der Waals surface area contributed by atoms with Crippen molar-refractivity contribution in [2.75, 3.05) is 32.9 Å². The molecule has 0 heterocycles. The molecule has 0 aliphatic carbocycles. The predicted molar refractivity (Wildman–Crippen MR) is 75.6 cm³/mol. The summed E-state index contributed by atoms with van der Waals surface area (Å²) >= 11 is 1.74. The number of hydrogen-bond acceptors (Lipinski definition) is 3. The predicted octanol–water partition coefficient (Wildman–Crippen LogP) is 1.86. The summed E-state index contributed by atoms with van der Waals surface area (Å²) < 4.78 is 0. The molecule has 1 atom stereocenters. The lowest BCUT2D eigenvalue weighted by Gasteiger charge is -2.25. The van der Waals surface area contributed by atoms with Crippen LogP contribution in [0, 0.1) is 5.92 Å². The largest absolute Gasteiger partial charge is 0.344 e. The Morgan fingerprint density at radius 3 is 2.38 bits per heavy atom. The van der Waals surface area contributed by atoms with E-state index in [9.17, 15) is 4.79 Å². The minimum absolute atomic E-state index is 0. The number of likely N-dealkylation sites (N-methyl/N-ethyl adjacent to an activating group) is 2. The molecule has 0 aliphatic rings. The van der Waals surface area contributed by atoms with E-state index in [2.05, 4.69) is 26.1 Å². The third-order valence-corrected chi connectivity index (χ3v) is 3.71. The maximum Gasteiger partial charge on any atom is 0.235 e. The van der Waals surface area contributed by atoms with Gasteiger partial charge in [-0.2, -0.15) is 0 Å². The molecule has 98 valence electrons. The van der Waals surface area contributed by atoms with Crippen molar-refractivity contribution in [2.24, 2.45) is 5.92 Å². The van der Waals surface area contributed by atoms with Gasteiger partial charge in [0.1, 0.15) is 0 Å². The van der Waals surface area contributed by atoms with Gasteiger partial charge < -0.3 is 10.2 Å². The summed E-state index contributed by atoms with van der Waals surface area (Å²) in [7, 11) is 3.78. The van der Waals surface area contributed by atoms with E-state index < -0.39 is 0 Å². The van der Waals surface area contributed by atoms with Crippen LogP contribution in [0.25, 0.3) is 0 Å². The second-order valence-corrected chi connectivity index (χ2v) is 5.40. The van der Waals surface area contributed by atoms with Crippen LogP contribution < -0.4 is 5.32 Å². The molecule has 0 saturated heterocycles. The Hall–Kier alpha value is 0.0700. The first-order valence-electron chi connectivity index (χ1n) is 5.55. The summed E-state index contributed by atoms with van der Waals surface area (Å²) in [6.45, 7) is 7.95. The summed E-state index contributed by atoms with van der Waals surface area (Å²) in [6, 6.07) is 0. The van der Waals surface area contributed by atoms with E-state index in [0.29, 0.717) is 5.92 Å². The second-order valence-electron chi connectivity index (χ2n) is 3.98. The van der Waals surface area contributed by atoms with Crippen molar-refractivity contribution in [3.05, 3.63) is 0 Å². The van der Waals surface area contributed by atoms with Gasteiger partial charge in [-0.3, -0.25) is 4.79 Å². The van der Waals surface area contributed by atoms with E-state index in [4.69, 9.17) is 0 Å². The molecule has 0 saturated carbocycles. The van der Waals surface area contributed by atoms with Gasteiger partial charge in [0, 0.05) is 20.1 Å². The zero-order valence-corrected chi connectivity index (χ0v) is 12.6. The Morgan fingerprint density at radius 1 is 1.44 bits per heavy atom. The lowest BCUT2D eigenvalue weighted by molar-refractivity contribution is -0.129. The molecule has 0 aliphatic heterocycles. The van der Waals surface area contributed by atoms with Crippen molar-refractivity contribution in [2.45, 2.75) is 26.0 Å². The van der Waals surface area contributed by atoms with Crippen LogP contribution >= 0.6 is 24.2 Å². The molecule has 0 bridgehead atoms. The minimum Gasteiger partial charge on any atom is -0.344 e. The van der Waals surface area contributed by atoms with Gasteiger partial charge in [-0.1, -0.05) is 20.8 Å². The molecular weight excluding hydrogens is 244 g/mol. The van der Waals surface area contributed by atoms with Gasteiger partial charge in [-0.15, -0.1) is 24.2 Å². The van der Waals surface area contributed by atoms with Crippen molar-refractivity contribution in [3.8, 4) is 0 Å². The summed E-state index contributed by atoms with van der Waals surface area (Å²) in [4.78, 5) is 13.9. The molecule has 0 aromatic rings. The van der Waals surface area contributed by atoms with Gasteiger partial charge in [-0.25, -0.2) is 0 Å². The molecule has 1 N–H and O–H groups in total. The fraction of sp³-hybridized carbons (Fsp3) is 0.909. The van der Waals surface area contributed by atoms with E-state index in [0.717, 1.165) is 18.8 Å². The molecule has 0 aromatic carbocycles. The van der Waals surface area contributed by atoms with Crippen LogP contribution in [0.2, 0.25) is 0 Å². The average Bonchev–Trinajstić information content (AvgIpc) is 2.21. The minimum atomic E-state index is 0. The molecule has 0 aromatic heterocycles. The van der Waals surface area contributed by atoms with Crippen LogP contribution in [-0.4, -0.2) is 49.0 Å². The number of thioether (sulfide) groups is 1. The molecule has 16 heavy (non-hydrogen) atoms. The molecular formula is C11H25ClN2OS. The van der Waals surface area contributed by atoms with E-state index in [-0.39, 0.29) is 23.6 Å². The Labute approximate surface area is 110 Å². The average molecular weight is 269 g/mol. The van der Waals surface area contributed by atoms with Gasteiger partial charge in [0.2, 0.25) is 5.91 Å². The Kier molecular flexibility index (Phi) is 11.8.